The Hall–Kier alpha value is 0.0500. The van der Waals surface area contributed by atoms with Crippen LogP contribution in [0.5, 0.6) is 0 Å². The first kappa shape index (κ1) is 9.14. The number of hydrogen-bond acceptors (Lipinski definition) is 2. The Morgan fingerprint density at radius 2 is 2.09 bits per heavy atom. The lowest BCUT2D eigenvalue weighted by Crippen LogP contribution is -2.20. The fourth-order valence-corrected chi connectivity index (χ4v) is 1.98. The lowest BCUT2D eigenvalue weighted by atomic mass is 10.4. The van der Waals surface area contributed by atoms with Gasteiger partial charge in [0.05, 0.1) is 0 Å². The van der Waals surface area contributed by atoms with E-state index in [1.807, 2.05) is 11.8 Å². The molecule has 0 saturated carbocycles. The third-order valence-electron chi connectivity index (χ3n) is 2.16. The van der Waals surface area contributed by atoms with E-state index < -0.39 is 0 Å². The van der Waals surface area contributed by atoms with E-state index in [1.165, 1.54) is 37.4 Å². The maximum Gasteiger partial charge on any atom is 0.0290 e. The van der Waals surface area contributed by atoms with Crippen LogP contribution in [0.4, 0.5) is 0 Å². The Bertz CT molecular complexity index is 136. The average Bonchev–Trinajstić information content (AvgIpc) is 2.52. The highest BCUT2D eigenvalue weighted by Crippen LogP contribution is 2.16. The molecule has 0 radical (unpaired) electrons. The van der Waals surface area contributed by atoms with Crippen LogP contribution in [0.25, 0.3) is 0 Å². The van der Waals surface area contributed by atoms with Gasteiger partial charge in [-0.15, -0.1) is 11.8 Å². The molecule has 1 fully saturated rings. The van der Waals surface area contributed by atoms with Crippen LogP contribution in [0.1, 0.15) is 19.8 Å². The Morgan fingerprint density at radius 3 is 2.55 bits per heavy atom. The van der Waals surface area contributed by atoms with Crippen molar-refractivity contribution in [2.24, 2.45) is 0 Å². The van der Waals surface area contributed by atoms with Crippen LogP contribution in [-0.2, 0) is 0 Å². The van der Waals surface area contributed by atoms with Gasteiger partial charge in [-0.1, -0.05) is 6.08 Å². The first-order valence-corrected chi connectivity index (χ1v) is 5.51. The van der Waals surface area contributed by atoms with Crippen molar-refractivity contribution in [2.45, 2.75) is 19.8 Å². The van der Waals surface area contributed by atoms with Gasteiger partial charge in [0.25, 0.3) is 0 Å². The summed E-state index contributed by atoms with van der Waals surface area (Å²) in [5.41, 5.74) is 0. The Balaban J connectivity index is 2.27. The van der Waals surface area contributed by atoms with E-state index in [0.29, 0.717) is 0 Å². The zero-order chi connectivity index (χ0) is 8.10. The van der Waals surface area contributed by atoms with Crippen LogP contribution < -0.4 is 0 Å². The van der Waals surface area contributed by atoms with Crippen LogP contribution in [0, 0.1) is 0 Å². The minimum atomic E-state index is 1.18. The molecule has 0 atom stereocenters. The SMILES string of the molecule is C/C=C(/CN1CCCC1)SC. The smallest absolute Gasteiger partial charge is 0.0290 e. The molecule has 0 aliphatic carbocycles. The lowest BCUT2D eigenvalue weighted by molar-refractivity contribution is 0.375. The predicted octanol–water partition coefficient (Wildman–Crippen LogP) is 2.35. The van der Waals surface area contributed by atoms with Gasteiger partial charge < -0.3 is 0 Å². The quantitative estimate of drug-likeness (QED) is 0.641. The van der Waals surface area contributed by atoms with Gasteiger partial charge in [0, 0.05) is 6.54 Å². The van der Waals surface area contributed by atoms with Crippen LogP contribution in [0.2, 0.25) is 0 Å². The summed E-state index contributed by atoms with van der Waals surface area (Å²) in [6, 6.07) is 0. The van der Waals surface area contributed by atoms with Crippen molar-refractivity contribution in [1.29, 1.82) is 0 Å². The van der Waals surface area contributed by atoms with Crippen LogP contribution in [0.3, 0.4) is 0 Å². The molecule has 64 valence electrons. The maximum atomic E-state index is 2.53. The standard InChI is InChI=1S/C9H17NS/c1-3-9(11-2)8-10-6-4-5-7-10/h3H,4-8H2,1-2H3/b9-3-. The van der Waals surface area contributed by atoms with Gasteiger partial charge in [0.1, 0.15) is 0 Å². The minimum Gasteiger partial charge on any atom is -0.299 e. The monoisotopic (exact) mass is 171 g/mol. The van der Waals surface area contributed by atoms with Gasteiger partial charge in [-0.25, -0.2) is 0 Å². The molecular weight excluding hydrogens is 154 g/mol. The third kappa shape index (κ3) is 2.88. The fourth-order valence-electron chi connectivity index (χ4n) is 1.43. The molecule has 0 aromatic heterocycles. The van der Waals surface area contributed by atoms with E-state index in [9.17, 15) is 0 Å². The van der Waals surface area contributed by atoms with E-state index in [4.69, 9.17) is 0 Å². The molecule has 1 nitrogen and oxygen atoms in total. The molecule has 0 aromatic rings. The Morgan fingerprint density at radius 1 is 1.45 bits per heavy atom. The second-order valence-corrected chi connectivity index (χ2v) is 3.87. The van der Waals surface area contributed by atoms with Gasteiger partial charge in [0.2, 0.25) is 0 Å². The lowest BCUT2D eigenvalue weighted by Gasteiger charge is -2.15. The van der Waals surface area contributed by atoms with Gasteiger partial charge in [-0.05, 0) is 44.0 Å². The summed E-state index contributed by atoms with van der Waals surface area (Å²) < 4.78 is 0. The molecule has 0 unspecified atom stereocenters. The molecule has 1 rings (SSSR count). The van der Waals surface area contributed by atoms with E-state index in [0.717, 1.165) is 0 Å². The van der Waals surface area contributed by atoms with Crippen molar-refractivity contribution in [3.05, 3.63) is 11.0 Å². The van der Waals surface area contributed by atoms with E-state index in [-0.39, 0.29) is 0 Å². The number of hydrogen-bond donors (Lipinski definition) is 0. The second-order valence-electron chi connectivity index (χ2n) is 2.94. The summed E-state index contributed by atoms with van der Waals surface area (Å²) in [5, 5.41) is 0. The molecule has 0 N–H and O–H groups in total. The van der Waals surface area contributed by atoms with Crippen molar-refractivity contribution >= 4 is 11.8 Å². The summed E-state index contributed by atoms with van der Waals surface area (Å²) in [5.74, 6) is 0. The first-order valence-electron chi connectivity index (χ1n) is 4.28. The summed E-state index contributed by atoms with van der Waals surface area (Å²) >= 11 is 1.88. The molecule has 0 spiro atoms. The Kier molecular flexibility index (Phi) is 4.02. The number of likely N-dealkylation sites (tertiary alicyclic amines) is 1. The van der Waals surface area contributed by atoms with Crippen LogP contribution >= 0.6 is 11.8 Å². The average molecular weight is 171 g/mol. The van der Waals surface area contributed by atoms with Crippen molar-refractivity contribution in [1.82, 2.24) is 4.90 Å². The van der Waals surface area contributed by atoms with E-state index in [1.54, 1.807) is 0 Å². The molecule has 0 bridgehead atoms. The molecular formula is C9H17NS. The maximum absolute atomic E-state index is 2.53. The number of allylic oxidation sites excluding steroid dienone is 1. The van der Waals surface area contributed by atoms with Crippen LogP contribution in [0.15, 0.2) is 11.0 Å². The summed E-state index contributed by atoms with van der Waals surface area (Å²) in [6.07, 6.45) is 7.17. The second kappa shape index (κ2) is 4.83. The zero-order valence-corrected chi connectivity index (χ0v) is 8.28. The topological polar surface area (TPSA) is 3.24 Å². The molecule has 2 heteroatoms. The zero-order valence-electron chi connectivity index (χ0n) is 7.47. The first-order chi connectivity index (χ1) is 5.36. The molecule has 1 saturated heterocycles. The summed E-state index contributed by atoms with van der Waals surface area (Å²) in [4.78, 5) is 4.04. The van der Waals surface area contributed by atoms with E-state index in [2.05, 4.69) is 24.2 Å². The normalized spacial score (nSPS) is 21.1. The van der Waals surface area contributed by atoms with Gasteiger partial charge >= 0.3 is 0 Å². The van der Waals surface area contributed by atoms with Gasteiger partial charge in [-0.2, -0.15) is 0 Å². The third-order valence-corrected chi connectivity index (χ3v) is 3.05. The highest BCUT2D eigenvalue weighted by atomic mass is 32.2. The van der Waals surface area contributed by atoms with Crippen molar-refractivity contribution < 1.29 is 0 Å². The summed E-state index contributed by atoms with van der Waals surface area (Å²) in [6.45, 7) is 5.91. The van der Waals surface area contributed by atoms with Crippen molar-refractivity contribution in [3.8, 4) is 0 Å². The minimum absolute atomic E-state index is 1.18. The predicted molar refractivity (Wildman–Crippen MR) is 52.9 cm³/mol. The molecule has 1 heterocycles. The highest BCUT2D eigenvalue weighted by Gasteiger charge is 2.11. The number of rotatable bonds is 3. The molecule has 1 aliphatic heterocycles. The molecule has 1 aliphatic rings. The van der Waals surface area contributed by atoms with Crippen LogP contribution in [-0.4, -0.2) is 30.8 Å². The largest absolute Gasteiger partial charge is 0.299 e. The number of thioether (sulfide) groups is 1. The highest BCUT2D eigenvalue weighted by molar-refractivity contribution is 8.02. The summed E-state index contributed by atoms with van der Waals surface area (Å²) in [7, 11) is 0. The van der Waals surface area contributed by atoms with Gasteiger partial charge in [-0.3, -0.25) is 4.90 Å². The molecule has 0 aromatic carbocycles. The Labute approximate surface area is 73.8 Å². The van der Waals surface area contributed by atoms with E-state index >= 15 is 0 Å². The van der Waals surface area contributed by atoms with Gasteiger partial charge in [0.15, 0.2) is 0 Å². The van der Waals surface area contributed by atoms with Crippen molar-refractivity contribution in [3.63, 3.8) is 0 Å². The van der Waals surface area contributed by atoms with Crippen molar-refractivity contribution in [2.75, 3.05) is 25.9 Å². The molecule has 0 amide bonds. The molecule has 11 heavy (non-hydrogen) atoms. The fraction of sp³-hybridized carbons (Fsp3) is 0.778. The number of nitrogens with zero attached hydrogens (tertiary/aromatic N) is 1.